The average molecular weight is 312 g/mol. The first-order chi connectivity index (χ1) is 11.7. The van der Waals surface area contributed by atoms with Gasteiger partial charge in [0.25, 0.3) is 0 Å². The topological polar surface area (TPSA) is 34.9 Å². The number of aromatic nitrogens is 2. The van der Waals surface area contributed by atoms with Gasteiger partial charge in [0.1, 0.15) is 5.69 Å². The van der Waals surface area contributed by atoms with Gasteiger partial charge in [-0.25, -0.2) is 0 Å². The molecule has 2 aromatic carbocycles. The Morgan fingerprint density at radius 1 is 0.958 bits per heavy atom. The summed E-state index contributed by atoms with van der Waals surface area (Å²) in [7, 11) is 2.07. The zero-order chi connectivity index (χ0) is 16.5. The third-order valence-electron chi connectivity index (χ3n) is 4.28. The molecule has 0 N–H and O–H groups in total. The molecule has 2 aromatic heterocycles. The molecule has 2 heterocycles. The highest BCUT2D eigenvalue weighted by Crippen LogP contribution is 2.28. The summed E-state index contributed by atoms with van der Waals surface area (Å²) in [6, 6.07) is 19.9. The minimum Gasteiger partial charge on any atom is -0.344 e. The summed E-state index contributed by atoms with van der Waals surface area (Å²) in [5.41, 5.74) is 3.85. The van der Waals surface area contributed by atoms with Crippen LogP contribution in [0.1, 0.15) is 16.1 Å². The minimum absolute atomic E-state index is 0.0892. The fraction of sp³-hybridized carbons (Fsp3) is 0.0476. The van der Waals surface area contributed by atoms with E-state index in [9.17, 15) is 4.79 Å². The van der Waals surface area contributed by atoms with Crippen molar-refractivity contribution in [3.8, 4) is 0 Å². The first kappa shape index (κ1) is 14.4. The third-order valence-corrected chi connectivity index (χ3v) is 4.28. The number of nitrogens with zero attached hydrogens (tertiary/aromatic N) is 2. The highest BCUT2D eigenvalue weighted by molar-refractivity contribution is 6.09. The second kappa shape index (κ2) is 5.78. The molecular formula is C21H16N2O. The fourth-order valence-electron chi connectivity index (χ4n) is 3.05. The van der Waals surface area contributed by atoms with Gasteiger partial charge in [0.15, 0.2) is 0 Å². The first-order valence-corrected chi connectivity index (χ1v) is 7.85. The average Bonchev–Trinajstić information content (AvgIpc) is 2.93. The number of hydrogen-bond donors (Lipinski definition) is 0. The van der Waals surface area contributed by atoms with Crippen LogP contribution in [0.5, 0.6) is 0 Å². The number of allylic oxidation sites excluding steroid dienone is 1. The van der Waals surface area contributed by atoms with Gasteiger partial charge in [-0.2, -0.15) is 0 Å². The summed E-state index contributed by atoms with van der Waals surface area (Å²) in [6.45, 7) is 0. The van der Waals surface area contributed by atoms with Gasteiger partial charge in [-0.15, -0.1) is 0 Å². The van der Waals surface area contributed by atoms with E-state index in [1.54, 1.807) is 24.4 Å². The Labute approximate surface area is 139 Å². The predicted molar refractivity (Wildman–Crippen MR) is 98.0 cm³/mol. The van der Waals surface area contributed by atoms with Gasteiger partial charge in [0.05, 0.1) is 0 Å². The second-order valence-corrected chi connectivity index (χ2v) is 5.77. The molecule has 4 rings (SSSR count). The maximum atomic E-state index is 12.1. The molecule has 0 amide bonds. The molecule has 0 spiro atoms. The molecule has 0 unspecified atom stereocenters. The lowest BCUT2D eigenvalue weighted by atomic mass is 10.1. The van der Waals surface area contributed by atoms with Crippen molar-refractivity contribution in [1.82, 2.24) is 9.55 Å². The molecule has 3 heteroatoms. The number of hydrogen-bond acceptors (Lipinski definition) is 2. The van der Waals surface area contributed by atoms with E-state index in [1.807, 2.05) is 24.3 Å². The highest BCUT2D eigenvalue weighted by atomic mass is 16.1. The summed E-state index contributed by atoms with van der Waals surface area (Å²) >= 11 is 0. The van der Waals surface area contributed by atoms with Crippen LogP contribution in [-0.2, 0) is 7.05 Å². The maximum Gasteiger partial charge on any atom is 0.204 e. The number of para-hydroxylation sites is 1. The Bertz CT molecular complexity index is 1080. The number of carbonyl (C=O) groups is 1. The quantitative estimate of drug-likeness (QED) is 0.408. The van der Waals surface area contributed by atoms with E-state index in [2.05, 4.69) is 46.9 Å². The molecule has 0 fully saturated rings. The van der Waals surface area contributed by atoms with Crippen molar-refractivity contribution in [3.63, 3.8) is 0 Å². The molecule has 0 aliphatic rings. The molecular weight excluding hydrogens is 296 g/mol. The van der Waals surface area contributed by atoms with Crippen molar-refractivity contribution in [2.45, 2.75) is 0 Å². The zero-order valence-electron chi connectivity index (χ0n) is 13.3. The van der Waals surface area contributed by atoms with E-state index in [-0.39, 0.29) is 5.78 Å². The van der Waals surface area contributed by atoms with Crippen LogP contribution in [0.15, 0.2) is 72.9 Å². The van der Waals surface area contributed by atoms with Crippen LogP contribution in [0.2, 0.25) is 0 Å². The van der Waals surface area contributed by atoms with Crippen LogP contribution in [0.3, 0.4) is 0 Å². The molecule has 0 aliphatic carbocycles. The second-order valence-electron chi connectivity index (χ2n) is 5.77. The largest absolute Gasteiger partial charge is 0.344 e. The number of ketones is 1. The van der Waals surface area contributed by atoms with Crippen molar-refractivity contribution in [2.75, 3.05) is 0 Å². The number of aryl methyl sites for hydroxylation is 1. The van der Waals surface area contributed by atoms with E-state index >= 15 is 0 Å². The van der Waals surface area contributed by atoms with Crippen LogP contribution in [-0.4, -0.2) is 15.3 Å². The summed E-state index contributed by atoms with van der Waals surface area (Å²) in [5, 5.41) is 2.42. The molecule has 0 radical (unpaired) electrons. The zero-order valence-corrected chi connectivity index (χ0v) is 13.3. The number of pyridine rings is 1. The smallest absolute Gasteiger partial charge is 0.204 e. The van der Waals surface area contributed by atoms with Gasteiger partial charge in [-0.05, 0) is 42.0 Å². The van der Waals surface area contributed by atoms with Crippen LogP contribution in [0.4, 0.5) is 0 Å². The third kappa shape index (κ3) is 2.40. The van der Waals surface area contributed by atoms with E-state index in [4.69, 9.17) is 0 Å². The van der Waals surface area contributed by atoms with Gasteiger partial charge >= 0.3 is 0 Å². The van der Waals surface area contributed by atoms with Gasteiger partial charge in [-0.3, -0.25) is 9.78 Å². The summed E-state index contributed by atoms with van der Waals surface area (Å²) < 4.78 is 2.19. The Kier molecular flexibility index (Phi) is 3.47. The van der Waals surface area contributed by atoms with Gasteiger partial charge < -0.3 is 4.57 Å². The number of benzene rings is 2. The Morgan fingerprint density at radius 3 is 2.58 bits per heavy atom. The van der Waals surface area contributed by atoms with Crippen molar-refractivity contribution in [3.05, 3.63) is 84.2 Å². The van der Waals surface area contributed by atoms with E-state index in [0.717, 1.165) is 5.56 Å². The maximum absolute atomic E-state index is 12.1. The standard InChI is InChI=1S/C21H16N2O/c1-23-19-8-3-2-6-16(19)17-14-15(9-11-20(17)23)10-12-21(24)18-7-4-5-13-22-18/h2-14H,1H3/b12-10+. The Hall–Kier alpha value is -3.20. The van der Waals surface area contributed by atoms with Crippen molar-refractivity contribution >= 4 is 33.7 Å². The van der Waals surface area contributed by atoms with Crippen LogP contribution in [0, 0.1) is 0 Å². The van der Waals surface area contributed by atoms with Gasteiger partial charge in [-0.1, -0.05) is 36.4 Å². The minimum atomic E-state index is -0.0892. The molecule has 0 saturated heterocycles. The normalized spacial score (nSPS) is 11.5. The van der Waals surface area contributed by atoms with E-state index in [1.165, 1.54) is 21.8 Å². The number of carbonyl (C=O) groups excluding carboxylic acids is 1. The SMILES string of the molecule is Cn1c2ccccc2c2cc(/C=C/C(=O)c3ccccn3)ccc21. The molecule has 3 nitrogen and oxygen atoms in total. The van der Waals surface area contributed by atoms with Crippen molar-refractivity contribution in [1.29, 1.82) is 0 Å². The molecule has 0 saturated carbocycles. The lowest BCUT2D eigenvalue weighted by molar-refractivity contribution is 0.104. The van der Waals surface area contributed by atoms with Gasteiger partial charge in [0.2, 0.25) is 5.78 Å². The van der Waals surface area contributed by atoms with Crippen LogP contribution >= 0.6 is 0 Å². The number of rotatable bonds is 3. The van der Waals surface area contributed by atoms with E-state index < -0.39 is 0 Å². The molecule has 4 aromatic rings. The predicted octanol–water partition coefficient (Wildman–Crippen LogP) is 4.62. The van der Waals surface area contributed by atoms with Crippen LogP contribution < -0.4 is 0 Å². The summed E-state index contributed by atoms with van der Waals surface area (Å²) in [6.07, 6.45) is 5.05. The van der Waals surface area contributed by atoms with Gasteiger partial charge in [0, 0.05) is 35.1 Å². The summed E-state index contributed by atoms with van der Waals surface area (Å²) in [4.78, 5) is 16.2. The summed E-state index contributed by atoms with van der Waals surface area (Å²) in [5.74, 6) is -0.0892. The van der Waals surface area contributed by atoms with Crippen LogP contribution in [0.25, 0.3) is 27.9 Å². The Balaban J connectivity index is 1.74. The van der Waals surface area contributed by atoms with Crippen molar-refractivity contribution < 1.29 is 4.79 Å². The lowest BCUT2D eigenvalue weighted by Crippen LogP contribution is -1.96. The Morgan fingerprint density at radius 2 is 1.75 bits per heavy atom. The first-order valence-electron chi connectivity index (χ1n) is 7.85. The van der Waals surface area contributed by atoms with E-state index in [0.29, 0.717) is 5.69 Å². The lowest BCUT2D eigenvalue weighted by Gasteiger charge is -1.98. The highest BCUT2D eigenvalue weighted by Gasteiger charge is 2.07. The fourth-order valence-corrected chi connectivity index (χ4v) is 3.05. The number of fused-ring (bicyclic) bond motifs is 3. The van der Waals surface area contributed by atoms with Crippen molar-refractivity contribution in [2.24, 2.45) is 7.05 Å². The molecule has 0 atom stereocenters. The molecule has 0 bridgehead atoms. The molecule has 0 aliphatic heterocycles. The monoisotopic (exact) mass is 312 g/mol. The molecule has 116 valence electrons. The molecule has 24 heavy (non-hydrogen) atoms.